The summed E-state index contributed by atoms with van der Waals surface area (Å²) in [4.78, 5) is 8.65. The molecule has 0 spiro atoms. The Morgan fingerprint density at radius 2 is 1.92 bits per heavy atom. The molecule has 0 fully saturated rings. The summed E-state index contributed by atoms with van der Waals surface area (Å²) in [7, 11) is 0. The van der Waals surface area contributed by atoms with E-state index in [0.29, 0.717) is 6.54 Å². The van der Waals surface area contributed by atoms with Crippen molar-refractivity contribution < 1.29 is 4.52 Å². The third-order valence-corrected chi connectivity index (χ3v) is 4.35. The first-order valence-electron chi connectivity index (χ1n) is 8.43. The van der Waals surface area contributed by atoms with Crippen molar-refractivity contribution in [2.45, 2.75) is 13.0 Å². The lowest BCUT2D eigenvalue weighted by molar-refractivity contribution is 0.450. The van der Waals surface area contributed by atoms with Crippen LogP contribution in [0, 0.1) is 6.92 Å². The van der Waals surface area contributed by atoms with Gasteiger partial charge < -0.3 is 15.6 Å². The van der Waals surface area contributed by atoms with E-state index in [9.17, 15) is 0 Å². The van der Waals surface area contributed by atoms with E-state index in [-0.39, 0.29) is 6.04 Å². The highest BCUT2D eigenvalue weighted by Crippen LogP contribution is 2.25. The van der Waals surface area contributed by atoms with Gasteiger partial charge in [-0.1, -0.05) is 41.6 Å². The van der Waals surface area contributed by atoms with Crippen LogP contribution in [0.2, 0.25) is 0 Å². The first-order valence-corrected chi connectivity index (χ1v) is 8.43. The van der Waals surface area contributed by atoms with Gasteiger partial charge in [-0.15, -0.1) is 0 Å². The second-order valence-corrected chi connectivity index (χ2v) is 6.17. The average molecular weight is 345 g/mol. The first kappa shape index (κ1) is 16.2. The SMILES string of the molecule is Cc1noc2cc(-c3cc(NCC(N)c4ccccc4)ncn3)ccc12. The van der Waals surface area contributed by atoms with Gasteiger partial charge in [-0.3, -0.25) is 0 Å². The Kier molecular flexibility index (Phi) is 4.33. The zero-order chi connectivity index (χ0) is 17.9. The molecule has 130 valence electrons. The lowest BCUT2D eigenvalue weighted by atomic mass is 10.1. The van der Waals surface area contributed by atoms with Gasteiger partial charge in [0.1, 0.15) is 12.1 Å². The van der Waals surface area contributed by atoms with Crippen LogP contribution in [0.3, 0.4) is 0 Å². The number of aryl methyl sites for hydroxylation is 1. The van der Waals surface area contributed by atoms with Crippen molar-refractivity contribution >= 4 is 16.8 Å². The number of benzene rings is 2. The molecule has 0 aliphatic carbocycles. The molecular formula is C20H19N5O. The molecule has 0 saturated heterocycles. The topological polar surface area (TPSA) is 89.9 Å². The molecule has 0 radical (unpaired) electrons. The van der Waals surface area contributed by atoms with Gasteiger partial charge in [0.05, 0.1) is 11.4 Å². The van der Waals surface area contributed by atoms with E-state index in [2.05, 4.69) is 20.4 Å². The van der Waals surface area contributed by atoms with Crippen molar-refractivity contribution in [2.75, 3.05) is 11.9 Å². The maximum Gasteiger partial charge on any atom is 0.167 e. The molecule has 2 heterocycles. The predicted molar refractivity (Wildman–Crippen MR) is 102 cm³/mol. The molecule has 0 bridgehead atoms. The molecule has 0 aliphatic heterocycles. The molecule has 4 aromatic rings. The highest BCUT2D eigenvalue weighted by atomic mass is 16.5. The molecule has 2 aromatic heterocycles. The maximum absolute atomic E-state index is 6.23. The number of nitrogens with zero attached hydrogens (tertiary/aromatic N) is 3. The van der Waals surface area contributed by atoms with Crippen LogP contribution >= 0.6 is 0 Å². The summed E-state index contributed by atoms with van der Waals surface area (Å²) in [6.45, 7) is 2.51. The number of aromatic nitrogens is 3. The fourth-order valence-corrected chi connectivity index (χ4v) is 2.87. The van der Waals surface area contributed by atoms with Gasteiger partial charge in [0, 0.05) is 29.6 Å². The Bertz CT molecular complexity index is 1030. The minimum Gasteiger partial charge on any atom is -0.368 e. The summed E-state index contributed by atoms with van der Waals surface area (Å²) in [5, 5.41) is 8.28. The van der Waals surface area contributed by atoms with E-state index in [1.165, 1.54) is 0 Å². The van der Waals surface area contributed by atoms with Crippen LogP contribution in [-0.4, -0.2) is 21.7 Å². The fraction of sp³-hybridized carbons (Fsp3) is 0.150. The standard InChI is InChI=1S/C20H19N5O/c1-13-16-8-7-15(9-19(16)26-25-13)18-10-20(24-12-23-18)22-11-17(21)14-5-3-2-4-6-14/h2-10,12,17H,11,21H2,1H3,(H,22,23,24). The van der Waals surface area contributed by atoms with Gasteiger partial charge in [0.25, 0.3) is 0 Å². The third kappa shape index (κ3) is 3.27. The van der Waals surface area contributed by atoms with Crippen molar-refractivity contribution in [2.24, 2.45) is 5.73 Å². The Hall–Kier alpha value is -3.25. The van der Waals surface area contributed by atoms with E-state index < -0.39 is 0 Å². The number of nitrogens with two attached hydrogens (primary N) is 1. The molecule has 3 N–H and O–H groups in total. The first-order chi connectivity index (χ1) is 12.7. The molecule has 1 unspecified atom stereocenters. The van der Waals surface area contributed by atoms with Gasteiger partial charge in [0.2, 0.25) is 0 Å². The van der Waals surface area contributed by atoms with Crippen molar-refractivity contribution in [1.82, 2.24) is 15.1 Å². The summed E-state index contributed by atoms with van der Waals surface area (Å²) >= 11 is 0. The molecule has 4 rings (SSSR count). The molecule has 6 heteroatoms. The average Bonchev–Trinajstić information content (AvgIpc) is 3.07. The monoisotopic (exact) mass is 345 g/mol. The van der Waals surface area contributed by atoms with Gasteiger partial charge in [-0.05, 0) is 24.6 Å². The van der Waals surface area contributed by atoms with Crippen LogP contribution in [-0.2, 0) is 0 Å². The lowest BCUT2D eigenvalue weighted by Gasteiger charge is -2.13. The van der Waals surface area contributed by atoms with Crippen molar-refractivity contribution in [3.05, 3.63) is 72.2 Å². The maximum atomic E-state index is 6.23. The number of fused-ring (bicyclic) bond motifs is 1. The second kappa shape index (κ2) is 6.93. The second-order valence-electron chi connectivity index (χ2n) is 6.17. The van der Waals surface area contributed by atoms with Crippen LogP contribution in [0.5, 0.6) is 0 Å². The van der Waals surface area contributed by atoms with Crippen molar-refractivity contribution in [3.8, 4) is 11.3 Å². The van der Waals surface area contributed by atoms with E-state index in [1.807, 2.05) is 61.5 Å². The number of hydrogen-bond acceptors (Lipinski definition) is 6. The summed E-state index contributed by atoms with van der Waals surface area (Å²) in [5.74, 6) is 0.732. The quantitative estimate of drug-likeness (QED) is 0.573. The van der Waals surface area contributed by atoms with Crippen LogP contribution < -0.4 is 11.1 Å². The molecule has 2 aromatic carbocycles. The van der Waals surface area contributed by atoms with E-state index in [4.69, 9.17) is 10.3 Å². The largest absolute Gasteiger partial charge is 0.368 e. The molecule has 0 saturated carbocycles. The minimum atomic E-state index is -0.108. The van der Waals surface area contributed by atoms with Crippen molar-refractivity contribution in [3.63, 3.8) is 0 Å². The summed E-state index contributed by atoms with van der Waals surface area (Å²) in [5.41, 5.74) is 10.7. The van der Waals surface area contributed by atoms with Crippen LogP contribution in [0.4, 0.5) is 5.82 Å². The lowest BCUT2D eigenvalue weighted by Crippen LogP contribution is -2.20. The van der Waals surface area contributed by atoms with Crippen LogP contribution in [0.1, 0.15) is 17.3 Å². The Balaban J connectivity index is 1.52. The fourth-order valence-electron chi connectivity index (χ4n) is 2.87. The Labute approximate surface area is 151 Å². The van der Waals surface area contributed by atoms with E-state index in [1.54, 1.807) is 6.33 Å². The number of nitrogens with one attached hydrogen (secondary N) is 1. The molecule has 26 heavy (non-hydrogen) atoms. The van der Waals surface area contributed by atoms with Crippen LogP contribution in [0.15, 0.2) is 65.4 Å². The molecule has 6 nitrogen and oxygen atoms in total. The number of hydrogen-bond donors (Lipinski definition) is 2. The smallest absolute Gasteiger partial charge is 0.167 e. The van der Waals surface area contributed by atoms with Crippen LogP contribution in [0.25, 0.3) is 22.2 Å². The molecule has 1 atom stereocenters. The zero-order valence-corrected chi connectivity index (χ0v) is 14.4. The molecule has 0 aliphatic rings. The number of rotatable bonds is 5. The summed E-state index contributed by atoms with van der Waals surface area (Å²) < 4.78 is 5.34. The number of anilines is 1. The van der Waals surface area contributed by atoms with Gasteiger partial charge in [-0.2, -0.15) is 0 Å². The summed E-state index contributed by atoms with van der Waals surface area (Å²) in [6, 6.07) is 17.7. The highest BCUT2D eigenvalue weighted by molar-refractivity contribution is 5.84. The zero-order valence-electron chi connectivity index (χ0n) is 14.4. The van der Waals surface area contributed by atoms with Gasteiger partial charge in [-0.25, -0.2) is 9.97 Å². The van der Waals surface area contributed by atoms with E-state index in [0.717, 1.165) is 39.3 Å². The Morgan fingerprint density at radius 3 is 2.77 bits per heavy atom. The molecular weight excluding hydrogens is 326 g/mol. The highest BCUT2D eigenvalue weighted by Gasteiger charge is 2.09. The normalized spacial score (nSPS) is 12.2. The third-order valence-electron chi connectivity index (χ3n) is 4.35. The Morgan fingerprint density at radius 1 is 1.08 bits per heavy atom. The summed E-state index contributed by atoms with van der Waals surface area (Å²) in [6.07, 6.45) is 1.54. The van der Waals surface area contributed by atoms with Crippen molar-refractivity contribution in [1.29, 1.82) is 0 Å². The van der Waals surface area contributed by atoms with Gasteiger partial charge >= 0.3 is 0 Å². The predicted octanol–water partition coefficient (Wildman–Crippen LogP) is 3.71. The van der Waals surface area contributed by atoms with Gasteiger partial charge in [0.15, 0.2) is 5.58 Å². The molecule has 0 amide bonds. The van der Waals surface area contributed by atoms with E-state index >= 15 is 0 Å². The minimum absolute atomic E-state index is 0.108.